The number of hydrazine groups is 1. The van der Waals surface area contributed by atoms with E-state index in [-0.39, 0.29) is 12.5 Å². The summed E-state index contributed by atoms with van der Waals surface area (Å²) in [6.07, 6.45) is 0.947. The Morgan fingerprint density at radius 3 is 2.70 bits per heavy atom. The number of hydrogen-bond acceptors (Lipinski definition) is 6. The zero-order valence-electron chi connectivity index (χ0n) is 18.6. The number of thiocarbonyl (C=S) groups is 1. The molecule has 1 aliphatic rings. The fourth-order valence-electron chi connectivity index (χ4n) is 3.31. The summed E-state index contributed by atoms with van der Waals surface area (Å²) < 4.78 is 16.5. The minimum absolute atomic E-state index is 0.199. The minimum Gasteiger partial charge on any atom is -0.496 e. The molecule has 0 spiro atoms. The standard InChI is InChI=1S/C23H29ClN4O4S/c1-30-20-8-7-17(15-18(20)16-32-21-6-3-2-5-19(21)24)22(29)26-27-23(33)25-9-4-10-28-11-13-31-14-12-28/h2-3,5-8,15H,4,9-14,16H2,1H3,(H,26,29)(H2,25,27,33). The molecule has 10 heteroatoms. The second kappa shape index (κ2) is 13.2. The molecule has 0 atom stereocenters. The maximum atomic E-state index is 12.6. The first kappa shape index (κ1) is 25.0. The molecule has 8 nitrogen and oxygen atoms in total. The Bertz CT molecular complexity index is 940. The Morgan fingerprint density at radius 2 is 1.94 bits per heavy atom. The van der Waals surface area contributed by atoms with Crippen LogP contribution < -0.4 is 25.6 Å². The number of hydrogen-bond donors (Lipinski definition) is 3. The van der Waals surface area contributed by atoms with Crippen molar-refractivity contribution in [2.45, 2.75) is 13.0 Å². The third kappa shape index (κ3) is 8.04. The molecule has 0 unspecified atom stereocenters. The van der Waals surface area contributed by atoms with Gasteiger partial charge in [0.1, 0.15) is 18.1 Å². The van der Waals surface area contributed by atoms with E-state index in [1.54, 1.807) is 37.4 Å². The first-order valence-corrected chi connectivity index (χ1v) is 11.5. The summed E-state index contributed by atoms with van der Waals surface area (Å²) in [6.45, 7) is 5.40. The molecular weight excluding hydrogens is 464 g/mol. The highest BCUT2D eigenvalue weighted by molar-refractivity contribution is 7.80. The van der Waals surface area contributed by atoms with Crippen LogP contribution in [0.25, 0.3) is 0 Å². The summed E-state index contributed by atoms with van der Waals surface area (Å²) in [4.78, 5) is 14.9. The van der Waals surface area contributed by atoms with E-state index in [9.17, 15) is 4.79 Å². The topological polar surface area (TPSA) is 84.1 Å². The molecule has 3 N–H and O–H groups in total. The highest BCUT2D eigenvalue weighted by Gasteiger charge is 2.13. The lowest BCUT2D eigenvalue weighted by atomic mass is 10.1. The van der Waals surface area contributed by atoms with Gasteiger partial charge in [0.2, 0.25) is 0 Å². The van der Waals surface area contributed by atoms with Crippen molar-refractivity contribution in [1.82, 2.24) is 21.1 Å². The number of carbonyl (C=O) groups is 1. The molecule has 2 aromatic carbocycles. The molecule has 33 heavy (non-hydrogen) atoms. The van der Waals surface area contributed by atoms with Gasteiger partial charge in [-0.2, -0.15) is 0 Å². The van der Waals surface area contributed by atoms with Crippen molar-refractivity contribution in [3.8, 4) is 11.5 Å². The van der Waals surface area contributed by atoms with E-state index in [0.717, 1.165) is 39.3 Å². The van der Waals surface area contributed by atoms with Gasteiger partial charge < -0.3 is 19.5 Å². The predicted molar refractivity (Wildman–Crippen MR) is 132 cm³/mol. The number of methoxy groups -OCH3 is 1. The molecule has 1 heterocycles. The monoisotopic (exact) mass is 492 g/mol. The normalized spacial score (nSPS) is 13.8. The van der Waals surface area contributed by atoms with Crippen molar-refractivity contribution in [2.75, 3.05) is 46.5 Å². The predicted octanol–water partition coefficient (Wildman–Crippen LogP) is 2.76. The highest BCUT2D eigenvalue weighted by Crippen LogP contribution is 2.26. The molecule has 2 aromatic rings. The lowest BCUT2D eigenvalue weighted by Crippen LogP contribution is -2.47. The van der Waals surface area contributed by atoms with Crippen molar-refractivity contribution in [1.29, 1.82) is 0 Å². The molecule has 0 radical (unpaired) electrons. The number of benzene rings is 2. The van der Waals surface area contributed by atoms with Crippen molar-refractivity contribution in [3.63, 3.8) is 0 Å². The van der Waals surface area contributed by atoms with E-state index in [4.69, 9.17) is 38.0 Å². The summed E-state index contributed by atoms with van der Waals surface area (Å²) in [5.41, 5.74) is 6.51. The quantitative estimate of drug-likeness (QED) is 0.280. The Morgan fingerprint density at radius 1 is 1.15 bits per heavy atom. The Hall–Kier alpha value is -2.59. The van der Waals surface area contributed by atoms with Gasteiger partial charge in [0.15, 0.2) is 5.11 Å². The first-order chi connectivity index (χ1) is 16.1. The second-order valence-corrected chi connectivity index (χ2v) is 8.20. The Balaban J connectivity index is 1.45. The van der Waals surface area contributed by atoms with Crippen LogP contribution in [0, 0.1) is 0 Å². The van der Waals surface area contributed by atoms with Crippen LogP contribution in [0.3, 0.4) is 0 Å². The van der Waals surface area contributed by atoms with Gasteiger partial charge in [0, 0.05) is 30.8 Å². The molecule has 1 amide bonds. The number of rotatable bonds is 9. The Labute approximate surface area is 204 Å². The number of para-hydroxylation sites is 1. The number of morpholine rings is 1. The summed E-state index contributed by atoms with van der Waals surface area (Å²) in [5, 5.41) is 3.97. The van der Waals surface area contributed by atoms with Crippen LogP contribution in [0.15, 0.2) is 42.5 Å². The van der Waals surface area contributed by atoms with Crippen molar-refractivity contribution < 1.29 is 19.0 Å². The van der Waals surface area contributed by atoms with Gasteiger partial charge in [-0.3, -0.25) is 20.5 Å². The smallest absolute Gasteiger partial charge is 0.269 e. The summed E-state index contributed by atoms with van der Waals surface area (Å²) in [6, 6.07) is 12.3. The van der Waals surface area contributed by atoms with E-state index in [2.05, 4.69) is 21.1 Å². The summed E-state index contributed by atoms with van der Waals surface area (Å²) in [7, 11) is 1.57. The average molecular weight is 493 g/mol. The fourth-order valence-corrected chi connectivity index (χ4v) is 3.65. The first-order valence-electron chi connectivity index (χ1n) is 10.8. The molecule has 1 aliphatic heterocycles. The van der Waals surface area contributed by atoms with Gasteiger partial charge >= 0.3 is 0 Å². The maximum Gasteiger partial charge on any atom is 0.269 e. The summed E-state index contributed by atoms with van der Waals surface area (Å²) in [5.74, 6) is 0.848. The zero-order chi connectivity index (χ0) is 23.5. The van der Waals surface area contributed by atoms with Crippen LogP contribution in [-0.4, -0.2) is 62.4 Å². The van der Waals surface area contributed by atoms with E-state index in [1.165, 1.54) is 0 Å². The van der Waals surface area contributed by atoms with Crippen LogP contribution in [0.2, 0.25) is 5.02 Å². The number of nitrogens with one attached hydrogen (secondary N) is 3. The maximum absolute atomic E-state index is 12.6. The number of ether oxygens (including phenoxy) is 3. The van der Waals surface area contributed by atoms with E-state index < -0.39 is 0 Å². The van der Waals surface area contributed by atoms with Gasteiger partial charge in [0.25, 0.3) is 5.91 Å². The minimum atomic E-state index is -0.325. The van der Waals surface area contributed by atoms with Gasteiger partial charge in [-0.15, -0.1) is 0 Å². The Kier molecular flexibility index (Phi) is 10.0. The molecule has 1 fully saturated rings. The van der Waals surface area contributed by atoms with E-state index in [1.807, 2.05) is 12.1 Å². The van der Waals surface area contributed by atoms with Crippen molar-refractivity contribution >= 4 is 34.8 Å². The van der Waals surface area contributed by atoms with Gasteiger partial charge in [-0.05, 0) is 55.5 Å². The molecule has 0 aliphatic carbocycles. The van der Waals surface area contributed by atoms with Crippen LogP contribution in [0.4, 0.5) is 0 Å². The van der Waals surface area contributed by atoms with Gasteiger partial charge in [0.05, 0.1) is 25.3 Å². The highest BCUT2D eigenvalue weighted by atomic mass is 35.5. The number of nitrogens with zero attached hydrogens (tertiary/aromatic N) is 1. The molecule has 178 valence electrons. The number of halogens is 1. The van der Waals surface area contributed by atoms with Crippen LogP contribution in [0.5, 0.6) is 11.5 Å². The average Bonchev–Trinajstić information content (AvgIpc) is 2.85. The third-order valence-corrected chi connectivity index (χ3v) is 5.65. The molecule has 1 saturated heterocycles. The van der Waals surface area contributed by atoms with Crippen LogP contribution in [0.1, 0.15) is 22.3 Å². The van der Waals surface area contributed by atoms with Crippen molar-refractivity contribution in [2.24, 2.45) is 0 Å². The van der Waals surface area contributed by atoms with Crippen LogP contribution in [-0.2, 0) is 11.3 Å². The molecular formula is C23H29ClN4O4S. The third-order valence-electron chi connectivity index (χ3n) is 5.09. The van der Waals surface area contributed by atoms with E-state index >= 15 is 0 Å². The lowest BCUT2D eigenvalue weighted by molar-refractivity contribution is 0.0376. The summed E-state index contributed by atoms with van der Waals surface area (Å²) >= 11 is 11.4. The SMILES string of the molecule is COc1ccc(C(=O)NNC(=S)NCCCN2CCOCC2)cc1COc1ccccc1Cl. The second-order valence-electron chi connectivity index (χ2n) is 7.39. The molecule has 0 bridgehead atoms. The van der Waals surface area contributed by atoms with Gasteiger partial charge in [-0.1, -0.05) is 23.7 Å². The molecule has 0 saturated carbocycles. The number of amides is 1. The lowest BCUT2D eigenvalue weighted by Gasteiger charge is -2.26. The van der Waals surface area contributed by atoms with Gasteiger partial charge in [-0.25, -0.2) is 0 Å². The fraction of sp³-hybridized carbons (Fsp3) is 0.391. The number of carbonyl (C=O) groups excluding carboxylic acids is 1. The molecule has 0 aromatic heterocycles. The van der Waals surface area contributed by atoms with Crippen LogP contribution >= 0.6 is 23.8 Å². The largest absolute Gasteiger partial charge is 0.496 e. The van der Waals surface area contributed by atoms with E-state index in [0.29, 0.717) is 39.3 Å². The van der Waals surface area contributed by atoms with Crippen molar-refractivity contribution in [3.05, 3.63) is 58.6 Å². The molecule has 3 rings (SSSR count). The zero-order valence-corrected chi connectivity index (χ0v) is 20.1.